The van der Waals surface area contributed by atoms with Crippen molar-refractivity contribution < 1.29 is 9.18 Å². The molecule has 5 nitrogen and oxygen atoms in total. The molecule has 1 aromatic heterocycles. The van der Waals surface area contributed by atoms with Gasteiger partial charge in [-0.25, -0.2) is 9.37 Å². The number of benzene rings is 2. The Morgan fingerprint density at radius 1 is 0.852 bits per heavy atom. The van der Waals surface area contributed by atoms with E-state index in [2.05, 4.69) is 21.7 Å². The molecule has 0 spiro atoms. The molecule has 0 saturated carbocycles. The van der Waals surface area contributed by atoms with E-state index >= 15 is 0 Å². The van der Waals surface area contributed by atoms with Crippen LogP contribution >= 0.6 is 0 Å². The van der Waals surface area contributed by atoms with Gasteiger partial charge in [-0.15, -0.1) is 0 Å². The Bertz CT molecular complexity index is 977. The molecule has 3 aromatic rings. The normalized spacial score (nSPS) is 10.5. The van der Waals surface area contributed by atoms with Gasteiger partial charge >= 0.3 is 0 Å². The summed E-state index contributed by atoms with van der Waals surface area (Å²) in [5.41, 5.74) is 10.8. The van der Waals surface area contributed by atoms with Crippen molar-refractivity contribution in [1.82, 2.24) is 4.98 Å². The molecule has 3 rings (SSSR count). The Labute approximate surface area is 157 Å². The van der Waals surface area contributed by atoms with Crippen LogP contribution in [0.1, 0.15) is 27.0 Å². The quantitative estimate of drug-likeness (QED) is 0.611. The molecule has 4 N–H and O–H groups in total. The third-order valence-corrected chi connectivity index (χ3v) is 3.97. The van der Waals surface area contributed by atoms with Crippen molar-refractivity contribution in [2.75, 3.05) is 10.6 Å². The standard InChI is InChI=1S/C21H21FN4O/c1-12-4-13(2)7-16(6-12)25-18-10-19(20(23)27)21(24-11-18)26-17-8-14(3)5-15(22)9-17/h4-11,25H,1-3H3,(H2,23,27)(H,24,26). The summed E-state index contributed by atoms with van der Waals surface area (Å²) in [5.74, 6) is -0.716. The fourth-order valence-electron chi connectivity index (χ4n) is 2.98. The van der Waals surface area contributed by atoms with Gasteiger partial charge in [0.05, 0.1) is 17.4 Å². The molecule has 0 fully saturated rings. The second-order valence-corrected chi connectivity index (χ2v) is 6.63. The topological polar surface area (TPSA) is 80.0 Å². The lowest BCUT2D eigenvalue weighted by molar-refractivity contribution is 0.100. The minimum Gasteiger partial charge on any atom is -0.365 e. The van der Waals surface area contributed by atoms with Crippen LogP contribution in [0.2, 0.25) is 0 Å². The van der Waals surface area contributed by atoms with Crippen LogP contribution in [-0.4, -0.2) is 10.9 Å². The Hall–Kier alpha value is -3.41. The predicted molar refractivity (Wildman–Crippen MR) is 106 cm³/mol. The molecule has 0 unspecified atom stereocenters. The van der Waals surface area contributed by atoms with Crippen molar-refractivity contribution in [3.05, 3.63) is 76.7 Å². The zero-order chi connectivity index (χ0) is 19.6. The zero-order valence-corrected chi connectivity index (χ0v) is 15.4. The highest BCUT2D eigenvalue weighted by atomic mass is 19.1. The highest BCUT2D eigenvalue weighted by molar-refractivity contribution is 5.99. The highest BCUT2D eigenvalue weighted by Crippen LogP contribution is 2.25. The molecule has 6 heteroatoms. The van der Waals surface area contributed by atoms with E-state index in [4.69, 9.17) is 5.73 Å². The fraction of sp³-hybridized carbons (Fsp3) is 0.143. The van der Waals surface area contributed by atoms with Crippen LogP contribution in [0.15, 0.2) is 48.7 Å². The maximum Gasteiger partial charge on any atom is 0.252 e. The first kappa shape index (κ1) is 18.4. The van der Waals surface area contributed by atoms with E-state index in [-0.39, 0.29) is 17.2 Å². The average molecular weight is 364 g/mol. The Morgan fingerprint density at radius 3 is 2.04 bits per heavy atom. The lowest BCUT2D eigenvalue weighted by Gasteiger charge is -2.13. The molecule has 27 heavy (non-hydrogen) atoms. The molecule has 0 aliphatic rings. The molecule has 0 radical (unpaired) electrons. The van der Waals surface area contributed by atoms with E-state index in [1.165, 1.54) is 12.1 Å². The summed E-state index contributed by atoms with van der Waals surface area (Å²) >= 11 is 0. The summed E-state index contributed by atoms with van der Waals surface area (Å²) in [6, 6.07) is 12.2. The monoisotopic (exact) mass is 364 g/mol. The van der Waals surface area contributed by atoms with Crippen LogP contribution in [0.5, 0.6) is 0 Å². The van der Waals surface area contributed by atoms with Crippen molar-refractivity contribution >= 4 is 28.8 Å². The number of carbonyl (C=O) groups is 1. The number of carbonyl (C=O) groups excluding carboxylic acids is 1. The number of halogens is 1. The molecule has 0 saturated heterocycles. The summed E-state index contributed by atoms with van der Waals surface area (Å²) in [6.07, 6.45) is 1.60. The maximum atomic E-state index is 13.6. The largest absolute Gasteiger partial charge is 0.365 e. The predicted octanol–water partition coefficient (Wildman–Crippen LogP) is 4.73. The van der Waals surface area contributed by atoms with E-state index < -0.39 is 5.91 Å². The van der Waals surface area contributed by atoms with E-state index in [1.54, 1.807) is 25.3 Å². The van der Waals surface area contributed by atoms with Gasteiger partial charge in [-0.3, -0.25) is 4.79 Å². The Morgan fingerprint density at radius 2 is 1.44 bits per heavy atom. The molecule has 1 amide bonds. The number of anilines is 4. The van der Waals surface area contributed by atoms with Gasteiger partial charge in [-0.1, -0.05) is 6.07 Å². The molecule has 0 bridgehead atoms. The molecular formula is C21H21FN4O. The number of nitrogens with zero attached hydrogens (tertiary/aromatic N) is 1. The summed E-state index contributed by atoms with van der Waals surface area (Å²) in [4.78, 5) is 16.2. The van der Waals surface area contributed by atoms with E-state index in [0.717, 1.165) is 22.4 Å². The number of hydrogen-bond acceptors (Lipinski definition) is 4. The number of pyridine rings is 1. The number of primary amides is 1. The number of hydrogen-bond donors (Lipinski definition) is 3. The second kappa shape index (κ2) is 7.45. The maximum absolute atomic E-state index is 13.6. The van der Waals surface area contributed by atoms with E-state index in [0.29, 0.717) is 11.4 Å². The van der Waals surface area contributed by atoms with Gasteiger partial charge < -0.3 is 16.4 Å². The van der Waals surface area contributed by atoms with Crippen molar-refractivity contribution in [2.45, 2.75) is 20.8 Å². The van der Waals surface area contributed by atoms with Crippen LogP contribution in [-0.2, 0) is 0 Å². The fourth-order valence-corrected chi connectivity index (χ4v) is 2.98. The van der Waals surface area contributed by atoms with Crippen molar-refractivity contribution in [3.8, 4) is 0 Å². The van der Waals surface area contributed by atoms with Crippen LogP contribution < -0.4 is 16.4 Å². The lowest BCUT2D eigenvalue weighted by Crippen LogP contribution is -2.15. The number of rotatable bonds is 5. The second-order valence-electron chi connectivity index (χ2n) is 6.63. The molecule has 138 valence electrons. The van der Waals surface area contributed by atoms with E-state index in [1.807, 2.05) is 26.0 Å². The average Bonchev–Trinajstić information content (AvgIpc) is 2.54. The summed E-state index contributed by atoms with van der Waals surface area (Å²) in [5, 5.41) is 6.20. The van der Waals surface area contributed by atoms with Gasteiger partial charge in [0.2, 0.25) is 0 Å². The van der Waals surface area contributed by atoms with Gasteiger partial charge in [0.15, 0.2) is 0 Å². The molecule has 0 aliphatic heterocycles. The minimum absolute atomic E-state index is 0.214. The SMILES string of the molecule is Cc1cc(C)cc(Nc2cnc(Nc3cc(C)cc(F)c3)c(C(N)=O)c2)c1. The summed E-state index contributed by atoms with van der Waals surface area (Å²) in [7, 11) is 0. The first-order valence-corrected chi connectivity index (χ1v) is 8.49. The number of aryl methyl sites for hydroxylation is 3. The van der Waals surface area contributed by atoms with Crippen molar-refractivity contribution in [1.29, 1.82) is 0 Å². The number of aromatic nitrogens is 1. The van der Waals surface area contributed by atoms with Crippen LogP contribution in [0.4, 0.5) is 27.3 Å². The Kier molecular flexibility index (Phi) is 5.07. The van der Waals surface area contributed by atoms with Gasteiger partial charge in [0.25, 0.3) is 5.91 Å². The van der Waals surface area contributed by atoms with Crippen LogP contribution in [0.25, 0.3) is 0 Å². The summed E-state index contributed by atoms with van der Waals surface area (Å²) < 4.78 is 13.6. The number of nitrogens with one attached hydrogen (secondary N) is 2. The highest BCUT2D eigenvalue weighted by Gasteiger charge is 2.12. The first-order valence-electron chi connectivity index (χ1n) is 8.49. The lowest BCUT2D eigenvalue weighted by atomic mass is 10.1. The molecule has 0 aliphatic carbocycles. The first-order chi connectivity index (χ1) is 12.8. The minimum atomic E-state index is -0.623. The van der Waals surface area contributed by atoms with Crippen molar-refractivity contribution in [2.24, 2.45) is 5.73 Å². The zero-order valence-electron chi connectivity index (χ0n) is 15.4. The van der Waals surface area contributed by atoms with Crippen LogP contribution in [0.3, 0.4) is 0 Å². The Balaban J connectivity index is 1.91. The van der Waals surface area contributed by atoms with Gasteiger partial charge in [-0.05, 0) is 73.9 Å². The summed E-state index contributed by atoms with van der Waals surface area (Å²) in [6.45, 7) is 5.81. The van der Waals surface area contributed by atoms with Crippen LogP contribution in [0, 0.1) is 26.6 Å². The third kappa shape index (κ3) is 4.61. The molecular weight excluding hydrogens is 343 g/mol. The van der Waals surface area contributed by atoms with Gasteiger partial charge in [0, 0.05) is 11.4 Å². The smallest absolute Gasteiger partial charge is 0.252 e. The number of nitrogens with two attached hydrogens (primary N) is 1. The third-order valence-electron chi connectivity index (χ3n) is 3.97. The molecule has 2 aromatic carbocycles. The van der Waals surface area contributed by atoms with Crippen molar-refractivity contribution in [3.63, 3.8) is 0 Å². The van der Waals surface area contributed by atoms with Gasteiger partial charge in [0.1, 0.15) is 11.6 Å². The number of amides is 1. The molecule has 1 heterocycles. The van der Waals surface area contributed by atoms with Gasteiger partial charge in [-0.2, -0.15) is 0 Å². The van der Waals surface area contributed by atoms with E-state index in [9.17, 15) is 9.18 Å². The molecule has 0 atom stereocenters.